The average Bonchev–Trinajstić information content (AvgIpc) is 2.99. The van der Waals surface area contributed by atoms with E-state index in [0.29, 0.717) is 28.9 Å². The molecule has 0 unspecified atom stereocenters. The highest BCUT2D eigenvalue weighted by Gasteiger charge is 2.15. The minimum absolute atomic E-state index is 0.00259. The van der Waals surface area contributed by atoms with Gasteiger partial charge in [-0.15, -0.1) is 0 Å². The molecule has 0 bridgehead atoms. The van der Waals surface area contributed by atoms with Crippen LogP contribution < -0.4 is 10.6 Å². The van der Waals surface area contributed by atoms with Crippen molar-refractivity contribution >= 4 is 40.2 Å². The van der Waals surface area contributed by atoms with E-state index in [2.05, 4.69) is 39.4 Å². The van der Waals surface area contributed by atoms with E-state index in [1.165, 1.54) is 0 Å². The van der Waals surface area contributed by atoms with Crippen molar-refractivity contribution in [1.82, 2.24) is 19.5 Å². The number of aromatic nitrogens is 4. The number of hydrogen-bond donors (Lipinski definition) is 3. The van der Waals surface area contributed by atoms with Gasteiger partial charge in [-0.2, -0.15) is 9.97 Å². The van der Waals surface area contributed by atoms with E-state index < -0.39 is 0 Å². The van der Waals surface area contributed by atoms with E-state index in [1.54, 1.807) is 6.33 Å². The second-order valence-corrected chi connectivity index (χ2v) is 6.48. The first kappa shape index (κ1) is 17.4. The van der Waals surface area contributed by atoms with Crippen molar-refractivity contribution in [3.8, 4) is 0 Å². The molecule has 2 aromatic heterocycles. The first-order valence-corrected chi connectivity index (χ1v) is 8.50. The van der Waals surface area contributed by atoms with Crippen LogP contribution in [-0.4, -0.2) is 37.8 Å². The number of nitrogens with one attached hydrogen (secondary N) is 2. The molecule has 0 amide bonds. The summed E-state index contributed by atoms with van der Waals surface area (Å²) in [5, 5.41) is 15.9. The summed E-state index contributed by atoms with van der Waals surface area (Å²) in [6.07, 6.45) is 1.75. The minimum Gasteiger partial charge on any atom is -0.395 e. The van der Waals surface area contributed by atoms with Crippen LogP contribution in [-0.2, 0) is 0 Å². The third-order valence-electron chi connectivity index (χ3n) is 3.75. The van der Waals surface area contributed by atoms with Crippen LogP contribution in [0.2, 0.25) is 5.02 Å². The lowest BCUT2D eigenvalue weighted by atomic mass is 10.2. The molecule has 2 heterocycles. The molecule has 0 saturated carbocycles. The zero-order chi connectivity index (χ0) is 18.0. The number of nitrogens with zero attached hydrogens (tertiary/aromatic N) is 4. The van der Waals surface area contributed by atoms with Crippen LogP contribution in [0.3, 0.4) is 0 Å². The van der Waals surface area contributed by atoms with Gasteiger partial charge in [0.2, 0.25) is 5.95 Å². The van der Waals surface area contributed by atoms with Gasteiger partial charge in [0, 0.05) is 12.6 Å². The molecule has 0 aliphatic heterocycles. The summed E-state index contributed by atoms with van der Waals surface area (Å²) in [7, 11) is 0. The van der Waals surface area contributed by atoms with E-state index in [-0.39, 0.29) is 12.6 Å². The number of anilines is 3. The number of aliphatic hydroxyl groups is 1. The van der Waals surface area contributed by atoms with Gasteiger partial charge in [0.05, 0.1) is 23.6 Å². The van der Waals surface area contributed by atoms with Crippen molar-refractivity contribution in [2.75, 3.05) is 23.8 Å². The predicted molar refractivity (Wildman–Crippen MR) is 101 cm³/mol. The molecule has 0 aliphatic carbocycles. The minimum atomic E-state index is -0.00259. The fourth-order valence-corrected chi connectivity index (χ4v) is 2.76. The summed E-state index contributed by atoms with van der Waals surface area (Å²) in [6.45, 7) is 6.48. The Morgan fingerprint density at radius 2 is 2.08 bits per heavy atom. The molecule has 3 rings (SSSR count). The molecule has 132 valence electrons. The summed E-state index contributed by atoms with van der Waals surface area (Å²) in [5.74, 6) is 0.991. The van der Waals surface area contributed by atoms with Crippen molar-refractivity contribution in [1.29, 1.82) is 0 Å². The molecule has 8 heteroatoms. The Bertz CT molecular complexity index is 892. The number of benzene rings is 1. The van der Waals surface area contributed by atoms with Gasteiger partial charge >= 0.3 is 0 Å². The maximum atomic E-state index is 9.04. The Morgan fingerprint density at radius 1 is 1.28 bits per heavy atom. The molecule has 0 saturated heterocycles. The normalized spacial score (nSPS) is 11.3. The van der Waals surface area contributed by atoms with Crippen LogP contribution in [0, 0.1) is 6.92 Å². The smallest absolute Gasteiger partial charge is 0.226 e. The van der Waals surface area contributed by atoms with Crippen LogP contribution in [0.25, 0.3) is 11.2 Å². The lowest BCUT2D eigenvalue weighted by Gasteiger charge is -2.12. The molecule has 0 aliphatic rings. The average molecular weight is 361 g/mol. The highest BCUT2D eigenvalue weighted by Crippen LogP contribution is 2.30. The van der Waals surface area contributed by atoms with Crippen molar-refractivity contribution in [3.63, 3.8) is 0 Å². The van der Waals surface area contributed by atoms with Crippen LogP contribution in [0.4, 0.5) is 17.5 Å². The quantitative estimate of drug-likeness (QED) is 0.623. The second-order valence-electron chi connectivity index (χ2n) is 6.07. The molecule has 25 heavy (non-hydrogen) atoms. The Hall–Kier alpha value is -2.38. The Balaban J connectivity index is 2.08. The van der Waals surface area contributed by atoms with E-state index in [1.807, 2.05) is 29.7 Å². The number of hydrogen-bond acceptors (Lipinski definition) is 6. The molecule has 0 spiro atoms. The van der Waals surface area contributed by atoms with Crippen LogP contribution in [0.5, 0.6) is 0 Å². The number of fused-ring (bicyclic) bond motifs is 1. The third-order valence-corrected chi connectivity index (χ3v) is 4.06. The SMILES string of the molecule is Cc1ccc(Nc2nc(NCCO)nc3c2ncn3C(C)C)c(Cl)c1. The van der Waals surface area contributed by atoms with Gasteiger partial charge in [-0.1, -0.05) is 17.7 Å². The van der Waals surface area contributed by atoms with Crippen molar-refractivity contribution in [3.05, 3.63) is 35.1 Å². The highest BCUT2D eigenvalue weighted by atomic mass is 35.5. The summed E-state index contributed by atoms with van der Waals surface area (Å²) in [5.41, 5.74) is 3.22. The Kier molecular flexibility index (Phi) is 5.06. The van der Waals surface area contributed by atoms with Crippen molar-refractivity contribution in [2.45, 2.75) is 26.8 Å². The summed E-state index contributed by atoms with van der Waals surface area (Å²) >= 11 is 6.33. The molecular weight excluding hydrogens is 340 g/mol. The molecule has 7 nitrogen and oxygen atoms in total. The van der Waals surface area contributed by atoms with Gasteiger partial charge in [-0.3, -0.25) is 0 Å². The highest BCUT2D eigenvalue weighted by molar-refractivity contribution is 6.33. The van der Waals surface area contributed by atoms with E-state index in [0.717, 1.165) is 16.9 Å². The Labute approximate surface area is 151 Å². The zero-order valence-corrected chi connectivity index (χ0v) is 15.2. The van der Waals surface area contributed by atoms with Crippen LogP contribution in [0.15, 0.2) is 24.5 Å². The lowest BCUT2D eigenvalue weighted by Crippen LogP contribution is -2.11. The predicted octanol–water partition coefficient (Wildman–Crippen LogP) is 3.52. The molecule has 0 atom stereocenters. The van der Waals surface area contributed by atoms with Gasteiger partial charge in [0.1, 0.15) is 0 Å². The van der Waals surface area contributed by atoms with Crippen molar-refractivity contribution < 1.29 is 5.11 Å². The summed E-state index contributed by atoms with van der Waals surface area (Å²) < 4.78 is 1.98. The first-order chi connectivity index (χ1) is 12.0. The number of aliphatic hydroxyl groups excluding tert-OH is 1. The van der Waals surface area contributed by atoms with E-state index in [9.17, 15) is 0 Å². The first-order valence-electron chi connectivity index (χ1n) is 8.12. The van der Waals surface area contributed by atoms with Crippen molar-refractivity contribution in [2.24, 2.45) is 0 Å². The molecule has 3 aromatic rings. The molecule has 1 aromatic carbocycles. The third kappa shape index (κ3) is 3.67. The number of aryl methyl sites for hydroxylation is 1. The zero-order valence-electron chi connectivity index (χ0n) is 14.4. The number of rotatable bonds is 6. The molecular formula is C17H21ClN6O. The fourth-order valence-electron chi connectivity index (χ4n) is 2.48. The fraction of sp³-hybridized carbons (Fsp3) is 0.353. The van der Waals surface area contributed by atoms with Crippen LogP contribution >= 0.6 is 11.6 Å². The number of imidazole rings is 1. The second kappa shape index (κ2) is 7.25. The lowest BCUT2D eigenvalue weighted by molar-refractivity contribution is 0.311. The van der Waals surface area contributed by atoms with E-state index >= 15 is 0 Å². The largest absolute Gasteiger partial charge is 0.395 e. The molecule has 3 N–H and O–H groups in total. The van der Waals surface area contributed by atoms with Crippen LogP contribution in [0.1, 0.15) is 25.5 Å². The van der Waals surface area contributed by atoms with E-state index in [4.69, 9.17) is 16.7 Å². The monoisotopic (exact) mass is 360 g/mol. The van der Waals surface area contributed by atoms with Gasteiger partial charge in [0.15, 0.2) is 17.0 Å². The summed E-state index contributed by atoms with van der Waals surface area (Å²) in [6, 6.07) is 5.98. The number of halogens is 1. The summed E-state index contributed by atoms with van der Waals surface area (Å²) in [4.78, 5) is 13.5. The van der Waals surface area contributed by atoms with Gasteiger partial charge in [0.25, 0.3) is 0 Å². The van der Waals surface area contributed by atoms with Gasteiger partial charge < -0.3 is 20.3 Å². The Morgan fingerprint density at radius 3 is 2.76 bits per heavy atom. The van der Waals surface area contributed by atoms with Gasteiger partial charge in [-0.25, -0.2) is 4.98 Å². The molecule has 0 fully saturated rings. The topological polar surface area (TPSA) is 87.9 Å². The maximum Gasteiger partial charge on any atom is 0.226 e. The van der Waals surface area contributed by atoms with Gasteiger partial charge in [-0.05, 0) is 38.5 Å². The standard InChI is InChI=1S/C17H21ClN6O/c1-10(2)24-9-20-14-15(21-13-5-4-11(3)8-12(13)18)22-17(19-6-7-25)23-16(14)24/h4-5,8-10,25H,6-7H2,1-3H3,(H2,19,21,22,23). The molecule has 0 radical (unpaired) electrons. The maximum absolute atomic E-state index is 9.04.